The third-order valence-electron chi connectivity index (χ3n) is 3.35. The van der Waals surface area contributed by atoms with Gasteiger partial charge in [0.05, 0.1) is 6.26 Å². The van der Waals surface area contributed by atoms with E-state index in [4.69, 9.17) is 4.74 Å². The quantitative estimate of drug-likeness (QED) is 0.572. The fourth-order valence-electron chi connectivity index (χ4n) is 2.45. The standard InChI is InChI=1S/C17H24O2/c1-7-16(18)14(5)10-19-15(6)17-12(3)8-11(2)9-13(17)4/h8-10,15H,7H2,1-6H3/b14-10+. The molecule has 1 aromatic carbocycles. The van der Waals surface area contributed by atoms with Gasteiger partial charge in [-0.3, -0.25) is 4.79 Å². The first-order chi connectivity index (χ1) is 8.86. The second-order valence-electron chi connectivity index (χ2n) is 5.17. The van der Waals surface area contributed by atoms with Gasteiger partial charge in [0.2, 0.25) is 0 Å². The minimum Gasteiger partial charge on any atom is -0.493 e. The summed E-state index contributed by atoms with van der Waals surface area (Å²) in [7, 11) is 0. The molecule has 19 heavy (non-hydrogen) atoms. The molecule has 0 aliphatic heterocycles. The zero-order valence-corrected chi connectivity index (χ0v) is 12.8. The molecule has 0 fully saturated rings. The Balaban J connectivity index is 2.91. The number of ether oxygens (including phenoxy) is 1. The molecule has 0 aliphatic rings. The van der Waals surface area contributed by atoms with Gasteiger partial charge in [0.15, 0.2) is 5.78 Å². The molecule has 0 spiro atoms. The lowest BCUT2D eigenvalue weighted by Gasteiger charge is -2.18. The van der Waals surface area contributed by atoms with Crippen LogP contribution in [0.4, 0.5) is 0 Å². The highest BCUT2D eigenvalue weighted by molar-refractivity contribution is 5.94. The van der Waals surface area contributed by atoms with Crippen molar-refractivity contribution in [1.29, 1.82) is 0 Å². The van der Waals surface area contributed by atoms with E-state index in [0.29, 0.717) is 12.0 Å². The van der Waals surface area contributed by atoms with E-state index in [9.17, 15) is 4.79 Å². The highest BCUT2D eigenvalue weighted by Gasteiger charge is 2.12. The second-order valence-corrected chi connectivity index (χ2v) is 5.17. The Bertz CT molecular complexity index is 475. The molecule has 1 aromatic rings. The Morgan fingerprint density at radius 2 is 1.79 bits per heavy atom. The summed E-state index contributed by atoms with van der Waals surface area (Å²) in [5.41, 5.74) is 5.62. The molecule has 1 atom stereocenters. The topological polar surface area (TPSA) is 26.3 Å². The molecule has 0 saturated heterocycles. The van der Waals surface area contributed by atoms with Gasteiger partial charge in [0.25, 0.3) is 0 Å². The zero-order chi connectivity index (χ0) is 14.6. The first kappa shape index (κ1) is 15.5. The van der Waals surface area contributed by atoms with E-state index < -0.39 is 0 Å². The molecule has 0 N–H and O–H groups in total. The highest BCUT2D eigenvalue weighted by Crippen LogP contribution is 2.26. The Morgan fingerprint density at radius 3 is 2.26 bits per heavy atom. The van der Waals surface area contributed by atoms with Gasteiger partial charge in [-0.15, -0.1) is 0 Å². The SMILES string of the molecule is CCC(=O)/C(C)=C/OC(C)c1c(C)cc(C)cc1C. The van der Waals surface area contributed by atoms with Crippen LogP contribution in [0, 0.1) is 20.8 Å². The van der Waals surface area contributed by atoms with Crippen molar-refractivity contribution in [2.45, 2.75) is 54.1 Å². The van der Waals surface area contributed by atoms with Gasteiger partial charge in [-0.1, -0.05) is 24.6 Å². The fraction of sp³-hybridized carbons (Fsp3) is 0.471. The number of allylic oxidation sites excluding steroid dienone is 1. The molecule has 0 saturated carbocycles. The van der Waals surface area contributed by atoms with Crippen LogP contribution in [0.15, 0.2) is 24.0 Å². The maximum absolute atomic E-state index is 11.5. The average molecular weight is 260 g/mol. The molecule has 2 nitrogen and oxygen atoms in total. The summed E-state index contributed by atoms with van der Waals surface area (Å²) in [6, 6.07) is 4.33. The molecule has 0 bridgehead atoms. The van der Waals surface area contributed by atoms with Crippen LogP contribution in [0.1, 0.15) is 55.5 Å². The molecule has 0 aliphatic carbocycles. The van der Waals surface area contributed by atoms with E-state index in [2.05, 4.69) is 32.9 Å². The van der Waals surface area contributed by atoms with E-state index >= 15 is 0 Å². The zero-order valence-electron chi connectivity index (χ0n) is 12.8. The van der Waals surface area contributed by atoms with E-state index in [1.807, 2.05) is 13.8 Å². The monoisotopic (exact) mass is 260 g/mol. The largest absolute Gasteiger partial charge is 0.493 e. The van der Waals surface area contributed by atoms with Crippen molar-refractivity contribution in [2.75, 3.05) is 0 Å². The lowest BCUT2D eigenvalue weighted by molar-refractivity contribution is -0.115. The van der Waals surface area contributed by atoms with Crippen LogP contribution in [0.5, 0.6) is 0 Å². The summed E-state index contributed by atoms with van der Waals surface area (Å²) in [6.45, 7) is 12.0. The van der Waals surface area contributed by atoms with Crippen molar-refractivity contribution in [3.05, 3.63) is 46.2 Å². The first-order valence-corrected chi connectivity index (χ1v) is 6.80. The van der Waals surface area contributed by atoms with Crippen LogP contribution in [0.2, 0.25) is 0 Å². The number of rotatable bonds is 5. The van der Waals surface area contributed by atoms with Gasteiger partial charge in [-0.2, -0.15) is 0 Å². The number of carbonyl (C=O) groups is 1. The first-order valence-electron chi connectivity index (χ1n) is 6.80. The highest BCUT2D eigenvalue weighted by atomic mass is 16.5. The van der Waals surface area contributed by atoms with Crippen molar-refractivity contribution >= 4 is 5.78 Å². The maximum Gasteiger partial charge on any atom is 0.161 e. The van der Waals surface area contributed by atoms with Gasteiger partial charge in [0, 0.05) is 12.0 Å². The molecule has 1 rings (SSSR count). The molecular formula is C17H24O2. The summed E-state index contributed by atoms with van der Waals surface area (Å²) >= 11 is 0. The maximum atomic E-state index is 11.5. The van der Waals surface area contributed by atoms with Gasteiger partial charge in [-0.25, -0.2) is 0 Å². The molecule has 0 aromatic heterocycles. The normalized spacial score (nSPS) is 13.3. The number of benzene rings is 1. The molecule has 2 heteroatoms. The molecule has 104 valence electrons. The van der Waals surface area contributed by atoms with Crippen LogP contribution in [-0.2, 0) is 9.53 Å². The van der Waals surface area contributed by atoms with Gasteiger partial charge < -0.3 is 4.74 Å². The minimum atomic E-state index is -0.0415. The Labute approximate surface area is 116 Å². The predicted molar refractivity (Wildman–Crippen MR) is 79.2 cm³/mol. The number of Topliss-reactive ketones (excluding diaryl/α,β-unsaturated/α-hetero) is 1. The molecular weight excluding hydrogens is 236 g/mol. The Morgan fingerprint density at radius 1 is 1.26 bits per heavy atom. The fourth-order valence-corrected chi connectivity index (χ4v) is 2.45. The van der Waals surface area contributed by atoms with Gasteiger partial charge in [0.1, 0.15) is 6.10 Å². The smallest absolute Gasteiger partial charge is 0.161 e. The van der Waals surface area contributed by atoms with Crippen molar-refractivity contribution in [3.63, 3.8) is 0 Å². The van der Waals surface area contributed by atoms with Crippen LogP contribution in [-0.4, -0.2) is 5.78 Å². The summed E-state index contributed by atoms with van der Waals surface area (Å²) in [6.07, 6.45) is 2.07. The summed E-state index contributed by atoms with van der Waals surface area (Å²) in [4.78, 5) is 11.5. The van der Waals surface area contributed by atoms with Crippen molar-refractivity contribution in [2.24, 2.45) is 0 Å². The average Bonchev–Trinajstić information content (AvgIpc) is 2.33. The second kappa shape index (κ2) is 6.55. The third-order valence-corrected chi connectivity index (χ3v) is 3.35. The molecule has 1 unspecified atom stereocenters. The summed E-state index contributed by atoms with van der Waals surface area (Å²) < 4.78 is 5.73. The summed E-state index contributed by atoms with van der Waals surface area (Å²) in [5, 5.41) is 0. The molecule has 0 amide bonds. The number of aryl methyl sites for hydroxylation is 3. The Hall–Kier alpha value is -1.57. The third kappa shape index (κ3) is 3.95. The van der Waals surface area contributed by atoms with E-state index in [0.717, 1.165) is 0 Å². The van der Waals surface area contributed by atoms with Gasteiger partial charge >= 0.3 is 0 Å². The van der Waals surface area contributed by atoms with E-state index in [1.165, 1.54) is 22.3 Å². The van der Waals surface area contributed by atoms with Crippen molar-refractivity contribution in [3.8, 4) is 0 Å². The van der Waals surface area contributed by atoms with Crippen molar-refractivity contribution in [1.82, 2.24) is 0 Å². The van der Waals surface area contributed by atoms with Crippen LogP contribution >= 0.6 is 0 Å². The Kier molecular flexibility index (Phi) is 5.34. The molecule has 0 radical (unpaired) electrons. The predicted octanol–water partition coefficient (Wildman–Crippen LogP) is 4.57. The van der Waals surface area contributed by atoms with Gasteiger partial charge in [-0.05, 0) is 51.3 Å². The molecule has 0 heterocycles. The number of hydrogen-bond donors (Lipinski definition) is 0. The van der Waals surface area contributed by atoms with Crippen molar-refractivity contribution < 1.29 is 9.53 Å². The van der Waals surface area contributed by atoms with Crippen LogP contribution in [0.3, 0.4) is 0 Å². The van der Waals surface area contributed by atoms with Crippen LogP contribution < -0.4 is 0 Å². The minimum absolute atomic E-state index is 0.0415. The lowest BCUT2D eigenvalue weighted by atomic mass is 9.96. The van der Waals surface area contributed by atoms with E-state index in [1.54, 1.807) is 13.2 Å². The summed E-state index contributed by atoms with van der Waals surface area (Å²) in [5.74, 6) is 0.129. The lowest BCUT2D eigenvalue weighted by Crippen LogP contribution is -2.04. The number of hydrogen-bond acceptors (Lipinski definition) is 2. The number of carbonyl (C=O) groups excluding carboxylic acids is 1. The number of ketones is 1. The van der Waals surface area contributed by atoms with E-state index in [-0.39, 0.29) is 11.9 Å². The van der Waals surface area contributed by atoms with Crippen LogP contribution in [0.25, 0.3) is 0 Å².